The standard InChI is InChI=1S/C13H24N2O3/c1-9(5-3-7-11(16)17)15-12(18)13(2)8-4-6-10(13)14/h9-10H,3-8,14H2,1-2H3,(H,15,18)(H,16,17). The van der Waals surface area contributed by atoms with E-state index in [1.807, 2.05) is 13.8 Å². The van der Waals surface area contributed by atoms with Crippen molar-refractivity contribution in [3.63, 3.8) is 0 Å². The van der Waals surface area contributed by atoms with Gasteiger partial charge in [0.1, 0.15) is 0 Å². The van der Waals surface area contributed by atoms with Crippen molar-refractivity contribution in [1.82, 2.24) is 5.32 Å². The first kappa shape index (κ1) is 15.0. The highest BCUT2D eigenvalue weighted by Crippen LogP contribution is 2.36. The van der Waals surface area contributed by atoms with Crippen LogP contribution in [0.1, 0.15) is 52.4 Å². The Morgan fingerprint density at radius 1 is 1.56 bits per heavy atom. The Bertz CT molecular complexity index is 319. The molecule has 3 atom stereocenters. The fraction of sp³-hybridized carbons (Fsp3) is 0.846. The number of rotatable bonds is 6. The molecule has 1 saturated carbocycles. The van der Waals surface area contributed by atoms with Crippen LogP contribution < -0.4 is 11.1 Å². The van der Waals surface area contributed by atoms with Gasteiger partial charge in [-0.15, -0.1) is 0 Å². The molecule has 18 heavy (non-hydrogen) atoms. The molecule has 1 amide bonds. The number of carbonyl (C=O) groups excluding carboxylic acids is 1. The van der Waals surface area contributed by atoms with Gasteiger partial charge in [-0.1, -0.05) is 6.42 Å². The molecule has 0 heterocycles. The van der Waals surface area contributed by atoms with Crippen molar-refractivity contribution in [3.05, 3.63) is 0 Å². The quantitative estimate of drug-likeness (QED) is 0.667. The van der Waals surface area contributed by atoms with Gasteiger partial charge in [0, 0.05) is 18.5 Å². The van der Waals surface area contributed by atoms with Gasteiger partial charge >= 0.3 is 5.97 Å². The summed E-state index contributed by atoms with van der Waals surface area (Å²) in [5.74, 6) is -0.784. The zero-order valence-electron chi connectivity index (χ0n) is 11.2. The van der Waals surface area contributed by atoms with Gasteiger partial charge in [0.15, 0.2) is 0 Å². The van der Waals surface area contributed by atoms with Crippen molar-refractivity contribution in [2.45, 2.75) is 64.5 Å². The third-order valence-electron chi connectivity index (χ3n) is 3.95. The fourth-order valence-corrected chi connectivity index (χ4v) is 2.50. The van der Waals surface area contributed by atoms with E-state index in [4.69, 9.17) is 10.8 Å². The van der Waals surface area contributed by atoms with Crippen LogP contribution >= 0.6 is 0 Å². The Kier molecular flexibility index (Phi) is 5.14. The van der Waals surface area contributed by atoms with Crippen LogP contribution in [-0.4, -0.2) is 29.1 Å². The Hall–Kier alpha value is -1.10. The van der Waals surface area contributed by atoms with Gasteiger partial charge in [-0.25, -0.2) is 0 Å². The number of hydrogen-bond donors (Lipinski definition) is 3. The van der Waals surface area contributed by atoms with Crippen LogP contribution in [0.5, 0.6) is 0 Å². The molecule has 3 unspecified atom stereocenters. The maximum atomic E-state index is 12.2. The largest absolute Gasteiger partial charge is 0.481 e. The van der Waals surface area contributed by atoms with Crippen molar-refractivity contribution < 1.29 is 14.7 Å². The lowest BCUT2D eigenvalue weighted by molar-refractivity contribution is -0.137. The average Bonchev–Trinajstić information content (AvgIpc) is 2.60. The molecule has 1 aliphatic carbocycles. The Morgan fingerprint density at radius 3 is 2.72 bits per heavy atom. The van der Waals surface area contributed by atoms with Crippen LogP contribution in [0.4, 0.5) is 0 Å². The number of nitrogens with two attached hydrogens (primary N) is 1. The number of nitrogens with one attached hydrogen (secondary N) is 1. The molecule has 0 aromatic heterocycles. The molecule has 1 rings (SSSR count). The van der Waals surface area contributed by atoms with E-state index in [-0.39, 0.29) is 24.4 Å². The Morgan fingerprint density at radius 2 is 2.22 bits per heavy atom. The Labute approximate surface area is 108 Å². The number of carboxylic acids is 1. The summed E-state index contributed by atoms with van der Waals surface area (Å²) in [6, 6.07) is -0.0646. The summed E-state index contributed by atoms with van der Waals surface area (Å²) in [6.07, 6.45) is 4.15. The molecule has 0 spiro atoms. The zero-order chi connectivity index (χ0) is 13.8. The summed E-state index contributed by atoms with van der Waals surface area (Å²) < 4.78 is 0. The summed E-state index contributed by atoms with van der Waals surface area (Å²) in [5.41, 5.74) is 5.53. The lowest BCUT2D eigenvalue weighted by Crippen LogP contribution is -2.49. The second-order valence-electron chi connectivity index (χ2n) is 5.58. The van der Waals surface area contributed by atoms with Crippen LogP contribution in [0, 0.1) is 5.41 Å². The van der Waals surface area contributed by atoms with Gasteiger partial charge in [0.2, 0.25) is 5.91 Å². The van der Waals surface area contributed by atoms with Crippen LogP contribution in [-0.2, 0) is 9.59 Å². The third kappa shape index (κ3) is 3.70. The number of carboxylic acid groups (broad SMARTS) is 1. The molecule has 4 N–H and O–H groups in total. The topological polar surface area (TPSA) is 92.4 Å². The molecule has 1 aliphatic rings. The number of amides is 1. The van der Waals surface area contributed by atoms with Crippen LogP contribution in [0.3, 0.4) is 0 Å². The predicted molar refractivity (Wildman–Crippen MR) is 69.0 cm³/mol. The van der Waals surface area contributed by atoms with Gasteiger partial charge in [0.05, 0.1) is 5.41 Å². The molecule has 0 aliphatic heterocycles. The number of carbonyl (C=O) groups is 2. The first-order valence-corrected chi connectivity index (χ1v) is 6.64. The van der Waals surface area contributed by atoms with Crippen LogP contribution in [0.15, 0.2) is 0 Å². The van der Waals surface area contributed by atoms with Crippen molar-refractivity contribution in [2.24, 2.45) is 11.1 Å². The van der Waals surface area contributed by atoms with E-state index in [1.54, 1.807) is 0 Å². The molecule has 104 valence electrons. The zero-order valence-corrected chi connectivity index (χ0v) is 11.2. The summed E-state index contributed by atoms with van der Waals surface area (Å²) >= 11 is 0. The molecule has 1 fully saturated rings. The maximum Gasteiger partial charge on any atom is 0.303 e. The Balaban J connectivity index is 2.37. The molecule has 0 saturated heterocycles. The number of aliphatic carboxylic acids is 1. The second kappa shape index (κ2) is 6.18. The molecule has 0 aromatic carbocycles. The highest BCUT2D eigenvalue weighted by molar-refractivity contribution is 5.83. The van der Waals surface area contributed by atoms with E-state index in [1.165, 1.54) is 0 Å². The second-order valence-corrected chi connectivity index (χ2v) is 5.58. The van der Waals surface area contributed by atoms with Crippen molar-refractivity contribution in [3.8, 4) is 0 Å². The lowest BCUT2D eigenvalue weighted by atomic mass is 9.84. The van der Waals surface area contributed by atoms with Crippen molar-refractivity contribution >= 4 is 11.9 Å². The van der Waals surface area contributed by atoms with E-state index in [9.17, 15) is 9.59 Å². The van der Waals surface area contributed by atoms with Crippen LogP contribution in [0.25, 0.3) is 0 Å². The van der Waals surface area contributed by atoms with Gasteiger partial charge in [0.25, 0.3) is 0 Å². The van der Waals surface area contributed by atoms with Gasteiger partial charge in [-0.2, -0.15) is 0 Å². The highest BCUT2D eigenvalue weighted by Gasteiger charge is 2.43. The predicted octanol–water partition coefficient (Wildman–Crippen LogP) is 1.26. The minimum atomic E-state index is -0.793. The lowest BCUT2D eigenvalue weighted by Gasteiger charge is -2.29. The summed E-state index contributed by atoms with van der Waals surface area (Å²) in [4.78, 5) is 22.6. The molecule has 0 radical (unpaired) electrons. The molecule has 0 bridgehead atoms. The van der Waals surface area contributed by atoms with Gasteiger partial charge in [-0.3, -0.25) is 9.59 Å². The van der Waals surface area contributed by atoms with E-state index in [0.29, 0.717) is 12.8 Å². The van der Waals surface area contributed by atoms with E-state index in [2.05, 4.69) is 5.32 Å². The minimum absolute atomic E-state index is 0.00137. The molecular formula is C13H24N2O3. The molecular weight excluding hydrogens is 232 g/mol. The molecule has 5 nitrogen and oxygen atoms in total. The van der Waals surface area contributed by atoms with Gasteiger partial charge < -0.3 is 16.2 Å². The minimum Gasteiger partial charge on any atom is -0.481 e. The van der Waals surface area contributed by atoms with Crippen molar-refractivity contribution in [1.29, 1.82) is 0 Å². The number of hydrogen-bond acceptors (Lipinski definition) is 3. The summed E-state index contributed by atoms with van der Waals surface area (Å²) in [5, 5.41) is 11.5. The van der Waals surface area contributed by atoms with E-state index < -0.39 is 11.4 Å². The van der Waals surface area contributed by atoms with Crippen molar-refractivity contribution in [2.75, 3.05) is 0 Å². The first-order valence-electron chi connectivity index (χ1n) is 6.64. The third-order valence-corrected chi connectivity index (χ3v) is 3.95. The molecule has 5 heteroatoms. The summed E-state index contributed by atoms with van der Waals surface area (Å²) in [7, 11) is 0. The average molecular weight is 256 g/mol. The monoisotopic (exact) mass is 256 g/mol. The normalized spacial score (nSPS) is 28.9. The van der Waals surface area contributed by atoms with Crippen LogP contribution in [0.2, 0.25) is 0 Å². The fourth-order valence-electron chi connectivity index (χ4n) is 2.50. The highest BCUT2D eigenvalue weighted by atomic mass is 16.4. The van der Waals surface area contributed by atoms with E-state index >= 15 is 0 Å². The summed E-state index contributed by atoms with van der Waals surface area (Å²) in [6.45, 7) is 3.83. The van der Waals surface area contributed by atoms with E-state index in [0.717, 1.165) is 19.3 Å². The first-order chi connectivity index (χ1) is 8.36. The molecule has 0 aromatic rings. The maximum absolute atomic E-state index is 12.2. The SMILES string of the molecule is CC(CCCC(=O)O)NC(=O)C1(C)CCCC1N. The van der Waals surface area contributed by atoms with Gasteiger partial charge in [-0.05, 0) is 39.5 Å². The smallest absolute Gasteiger partial charge is 0.303 e.